The predicted octanol–water partition coefficient (Wildman–Crippen LogP) is 4.37. The van der Waals surface area contributed by atoms with Crippen LogP contribution in [0, 0.1) is 5.92 Å². The minimum absolute atomic E-state index is 0.0231. The monoisotopic (exact) mass is 449 g/mol. The van der Waals surface area contributed by atoms with Crippen molar-refractivity contribution >= 4 is 5.91 Å². The number of nitrogens with zero attached hydrogens (tertiary/aromatic N) is 3. The van der Waals surface area contributed by atoms with Gasteiger partial charge in [-0.1, -0.05) is 24.3 Å². The van der Waals surface area contributed by atoms with Gasteiger partial charge in [0.25, 0.3) is 0 Å². The molecule has 3 saturated heterocycles. The molecule has 3 heterocycles. The Kier molecular flexibility index (Phi) is 6.89. The van der Waals surface area contributed by atoms with Crippen molar-refractivity contribution in [3.8, 4) is 0 Å². The number of fused-ring (bicyclic) bond motifs is 2. The van der Waals surface area contributed by atoms with Gasteiger partial charge in [-0.3, -0.25) is 14.6 Å². The largest absolute Gasteiger partial charge is 0.508 e. The van der Waals surface area contributed by atoms with Gasteiger partial charge in [-0.05, 0) is 74.7 Å². The number of carbonyl (C=O) groups excluding carboxylic acids is 1. The summed E-state index contributed by atoms with van der Waals surface area (Å²) in [7, 11) is 0. The molecular weight excluding hydrogens is 410 g/mol. The summed E-state index contributed by atoms with van der Waals surface area (Å²) in [5.74, 6) is 0.673. The number of hydrogen-bond acceptors (Lipinski definition) is 4. The van der Waals surface area contributed by atoms with Crippen LogP contribution in [-0.2, 0) is 4.79 Å². The van der Waals surface area contributed by atoms with Gasteiger partial charge < -0.3 is 10.0 Å². The number of rotatable bonds is 6. The van der Waals surface area contributed by atoms with Crippen LogP contribution in [0.15, 0.2) is 59.9 Å². The maximum Gasteiger partial charge on any atom is 0.229 e. The first-order valence-electron chi connectivity index (χ1n) is 13.0. The molecule has 0 radical (unpaired) electrons. The van der Waals surface area contributed by atoms with E-state index in [2.05, 4.69) is 34.6 Å². The van der Waals surface area contributed by atoms with Crippen LogP contribution in [0.25, 0.3) is 0 Å². The van der Waals surface area contributed by atoms with Gasteiger partial charge in [0.1, 0.15) is 5.76 Å². The number of aliphatic hydroxyl groups is 1. The van der Waals surface area contributed by atoms with Gasteiger partial charge in [0.15, 0.2) is 0 Å². The summed E-state index contributed by atoms with van der Waals surface area (Å²) in [5, 5.41) is 10.3. The fourth-order valence-corrected chi connectivity index (χ4v) is 6.65. The zero-order chi connectivity index (χ0) is 22.8. The highest BCUT2D eigenvalue weighted by atomic mass is 16.3. The molecule has 1 amide bonds. The van der Waals surface area contributed by atoms with Gasteiger partial charge in [-0.2, -0.15) is 0 Å². The highest BCUT2D eigenvalue weighted by Gasteiger charge is 2.43. The van der Waals surface area contributed by atoms with E-state index in [1.165, 1.54) is 30.4 Å². The first-order valence-corrected chi connectivity index (χ1v) is 13.0. The van der Waals surface area contributed by atoms with Gasteiger partial charge in [-0.15, -0.1) is 6.58 Å². The maximum absolute atomic E-state index is 12.9. The van der Waals surface area contributed by atoms with E-state index in [1.807, 2.05) is 23.1 Å². The third-order valence-electron chi connectivity index (χ3n) is 8.26. The van der Waals surface area contributed by atoms with Crippen molar-refractivity contribution in [1.29, 1.82) is 0 Å². The second-order valence-electron chi connectivity index (χ2n) is 10.4. The van der Waals surface area contributed by atoms with Crippen molar-refractivity contribution in [2.45, 2.75) is 69.5 Å². The lowest BCUT2D eigenvalue weighted by Crippen LogP contribution is -2.47. The number of amides is 1. The van der Waals surface area contributed by atoms with E-state index in [-0.39, 0.29) is 12.0 Å². The van der Waals surface area contributed by atoms with Crippen molar-refractivity contribution in [3.05, 3.63) is 59.9 Å². The molecule has 5 nitrogen and oxygen atoms in total. The molecule has 1 N–H and O–H groups in total. The lowest BCUT2D eigenvalue weighted by atomic mass is 9.85. The zero-order valence-corrected chi connectivity index (χ0v) is 19.9. The number of aliphatic hydroxyl groups excluding tert-OH is 1. The van der Waals surface area contributed by atoms with E-state index in [0.29, 0.717) is 23.8 Å². The minimum atomic E-state index is -0.0231. The van der Waals surface area contributed by atoms with Crippen molar-refractivity contribution in [2.24, 2.45) is 5.92 Å². The summed E-state index contributed by atoms with van der Waals surface area (Å²) < 4.78 is 0. The molecule has 2 bridgehead atoms. The van der Waals surface area contributed by atoms with Crippen molar-refractivity contribution < 1.29 is 9.90 Å². The average molecular weight is 450 g/mol. The van der Waals surface area contributed by atoms with Crippen molar-refractivity contribution in [3.63, 3.8) is 0 Å². The topological polar surface area (TPSA) is 47.0 Å². The van der Waals surface area contributed by atoms with E-state index >= 15 is 0 Å². The second kappa shape index (κ2) is 10.0. The molecule has 5 rings (SSSR count). The highest BCUT2D eigenvalue weighted by Crippen LogP contribution is 2.40. The second-order valence-corrected chi connectivity index (χ2v) is 10.4. The summed E-state index contributed by atoms with van der Waals surface area (Å²) in [4.78, 5) is 20.3. The average Bonchev–Trinajstić information content (AvgIpc) is 3.45. The molecule has 0 saturated carbocycles. The van der Waals surface area contributed by atoms with E-state index in [9.17, 15) is 9.90 Å². The molecule has 5 aliphatic rings. The summed E-state index contributed by atoms with van der Waals surface area (Å²) in [6, 6.07) is 1.29. The van der Waals surface area contributed by atoms with Crippen LogP contribution in [0.2, 0.25) is 0 Å². The standard InChI is InChI=1S/C28H39N3O2/c1-2-15-29-18-14-24-12-13-25(20-29)31(24)27(23-6-5-7-26(32)19-23)21-8-10-22(11-9-21)28(33)30-16-3-4-17-30/h2,7-10,19,22,24-25,27,32H,1,3-6,11-18,20H2. The molecule has 0 aromatic heterocycles. The van der Waals surface area contributed by atoms with Crippen LogP contribution in [0.1, 0.15) is 51.4 Å². The van der Waals surface area contributed by atoms with E-state index in [0.717, 1.165) is 64.8 Å². The Balaban J connectivity index is 1.40. The van der Waals surface area contributed by atoms with E-state index in [1.54, 1.807) is 0 Å². The maximum atomic E-state index is 12.9. The Bertz CT molecular complexity index is 880. The van der Waals surface area contributed by atoms with Gasteiger partial charge in [0.05, 0.1) is 12.0 Å². The number of hydrogen-bond donors (Lipinski definition) is 1. The first kappa shape index (κ1) is 22.7. The van der Waals surface area contributed by atoms with Crippen LogP contribution in [-0.4, -0.2) is 76.6 Å². The normalized spacial score (nSPS) is 31.6. The Labute approximate surface area is 198 Å². The summed E-state index contributed by atoms with van der Waals surface area (Å²) >= 11 is 0. The molecule has 0 aromatic rings. The highest BCUT2D eigenvalue weighted by molar-refractivity contribution is 5.81. The Morgan fingerprint density at radius 1 is 1.15 bits per heavy atom. The van der Waals surface area contributed by atoms with Crippen LogP contribution < -0.4 is 0 Å². The number of carbonyl (C=O) groups is 1. The Hall–Kier alpha value is -2.11. The molecule has 5 heteroatoms. The molecule has 0 aromatic carbocycles. The lowest BCUT2D eigenvalue weighted by molar-refractivity contribution is -0.132. The zero-order valence-electron chi connectivity index (χ0n) is 19.9. The van der Waals surface area contributed by atoms with Gasteiger partial charge in [0, 0.05) is 44.8 Å². The fourth-order valence-electron chi connectivity index (χ4n) is 6.65. The van der Waals surface area contributed by atoms with Crippen molar-refractivity contribution in [1.82, 2.24) is 14.7 Å². The minimum Gasteiger partial charge on any atom is -0.508 e. The van der Waals surface area contributed by atoms with E-state index < -0.39 is 0 Å². The van der Waals surface area contributed by atoms with Crippen LogP contribution in [0.5, 0.6) is 0 Å². The molecule has 4 atom stereocenters. The third-order valence-corrected chi connectivity index (χ3v) is 8.26. The quantitative estimate of drug-likeness (QED) is 0.612. The number of likely N-dealkylation sites (tertiary alicyclic amines) is 2. The number of allylic oxidation sites excluding steroid dienone is 3. The molecule has 3 aliphatic heterocycles. The molecule has 2 aliphatic carbocycles. The van der Waals surface area contributed by atoms with Crippen LogP contribution >= 0.6 is 0 Å². The predicted molar refractivity (Wildman–Crippen MR) is 133 cm³/mol. The van der Waals surface area contributed by atoms with E-state index in [4.69, 9.17) is 0 Å². The smallest absolute Gasteiger partial charge is 0.229 e. The van der Waals surface area contributed by atoms with Gasteiger partial charge in [-0.25, -0.2) is 0 Å². The van der Waals surface area contributed by atoms with Crippen LogP contribution in [0.4, 0.5) is 0 Å². The van der Waals surface area contributed by atoms with Crippen LogP contribution in [0.3, 0.4) is 0 Å². The van der Waals surface area contributed by atoms with Crippen molar-refractivity contribution in [2.75, 3.05) is 32.7 Å². The molecule has 3 fully saturated rings. The van der Waals surface area contributed by atoms with Gasteiger partial charge in [0.2, 0.25) is 5.91 Å². The SMILES string of the molecule is C=CCN1CCC2CCC(C1)N2C(C1=CCC(C(=O)N2CCCC2)C=C1)C1=CC(O)=CCC1. The summed E-state index contributed by atoms with van der Waals surface area (Å²) in [6.07, 6.45) is 21.3. The lowest BCUT2D eigenvalue weighted by Gasteiger charge is -2.40. The fraction of sp³-hybridized carbons (Fsp3) is 0.607. The molecule has 0 spiro atoms. The molecular formula is C28H39N3O2. The molecule has 4 unspecified atom stereocenters. The molecule has 178 valence electrons. The molecule has 33 heavy (non-hydrogen) atoms. The summed E-state index contributed by atoms with van der Waals surface area (Å²) in [6.45, 7) is 8.96. The Morgan fingerprint density at radius 2 is 1.97 bits per heavy atom. The first-order chi connectivity index (χ1) is 16.1. The Morgan fingerprint density at radius 3 is 2.70 bits per heavy atom. The summed E-state index contributed by atoms with van der Waals surface area (Å²) in [5.41, 5.74) is 2.64. The third kappa shape index (κ3) is 4.76. The van der Waals surface area contributed by atoms with Gasteiger partial charge >= 0.3 is 0 Å².